The molecule has 1 aliphatic rings. The Morgan fingerprint density at radius 2 is 2.24 bits per heavy atom. The first kappa shape index (κ1) is 15.4. The van der Waals surface area contributed by atoms with Gasteiger partial charge in [0.25, 0.3) is 5.69 Å². The van der Waals surface area contributed by atoms with Crippen molar-refractivity contribution in [3.8, 4) is 0 Å². The summed E-state index contributed by atoms with van der Waals surface area (Å²) in [6.45, 7) is 4.81. The zero-order valence-corrected chi connectivity index (χ0v) is 12.6. The van der Waals surface area contributed by atoms with Gasteiger partial charge in [-0.25, -0.2) is 0 Å². The SMILES string of the molecule is CC1CCNC1C(=O)N(C)C(C)c1cccc([N+](=O)[O-])c1. The predicted molar refractivity (Wildman–Crippen MR) is 79.9 cm³/mol. The van der Waals surface area contributed by atoms with Crippen LogP contribution in [0, 0.1) is 16.0 Å². The number of hydrogen-bond donors (Lipinski definition) is 1. The van der Waals surface area contributed by atoms with Gasteiger partial charge in [0.2, 0.25) is 5.91 Å². The van der Waals surface area contributed by atoms with E-state index in [1.165, 1.54) is 12.1 Å². The Labute approximate surface area is 124 Å². The molecule has 0 saturated carbocycles. The molecule has 1 fully saturated rings. The van der Waals surface area contributed by atoms with Crippen LogP contribution >= 0.6 is 0 Å². The fourth-order valence-corrected chi connectivity index (χ4v) is 2.70. The van der Waals surface area contributed by atoms with Crippen molar-refractivity contribution in [3.05, 3.63) is 39.9 Å². The van der Waals surface area contributed by atoms with E-state index in [9.17, 15) is 14.9 Å². The first-order valence-electron chi connectivity index (χ1n) is 7.16. The van der Waals surface area contributed by atoms with E-state index >= 15 is 0 Å². The van der Waals surface area contributed by atoms with Gasteiger partial charge in [0.05, 0.1) is 17.0 Å². The molecule has 1 aromatic carbocycles. The number of hydrogen-bond acceptors (Lipinski definition) is 4. The molecule has 1 aliphatic heterocycles. The van der Waals surface area contributed by atoms with Crippen LogP contribution in [0.2, 0.25) is 0 Å². The lowest BCUT2D eigenvalue weighted by molar-refractivity contribution is -0.384. The molecule has 21 heavy (non-hydrogen) atoms. The zero-order chi connectivity index (χ0) is 15.6. The first-order chi connectivity index (χ1) is 9.91. The highest BCUT2D eigenvalue weighted by atomic mass is 16.6. The van der Waals surface area contributed by atoms with E-state index in [-0.39, 0.29) is 23.7 Å². The Morgan fingerprint density at radius 3 is 2.81 bits per heavy atom. The summed E-state index contributed by atoms with van der Waals surface area (Å²) < 4.78 is 0. The molecule has 0 bridgehead atoms. The molecule has 1 saturated heterocycles. The number of nitrogens with one attached hydrogen (secondary N) is 1. The third-order valence-electron chi connectivity index (χ3n) is 4.29. The quantitative estimate of drug-likeness (QED) is 0.681. The van der Waals surface area contributed by atoms with E-state index in [2.05, 4.69) is 12.2 Å². The average Bonchev–Trinajstić information content (AvgIpc) is 2.91. The van der Waals surface area contributed by atoms with Gasteiger partial charge in [0.15, 0.2) is 0 Å². The minimum absolute atomic E-state index is 0.0407. The van der Waals surface area contributed by atoms with E-state index in [4.69, 9.17) is 0 Å². The van der Waals surface area contributed by atoms with Crippen LogP contribution in [0.25, 0.3) is 0 Å². The maximum atomic E-state index is 12.5. The fourth-order valence-electron chi connectivity index (χ4n) is 2.70. The average molecular weight is 291 g/mol. The minimum atomic E-state index is -0.418. The summed E-state index contributed by atoms with van der Waals surface area (Å²) in [7, 11) is 1.75. The molecule has 0 aliphatic carbocycles. The van der Waals surface area contributed by atoms with E-state index in [0.29, 0.717) is 5.92 Å². The van der Waals surface area contributed by atoms with Crippen LogP contribution in [0.1, 0.15) is 31.9 Å². The van der Waals surface area contributed by atoms with Crippen LogP contribution < -0.4 is 5.32 Å². The van der Waals surface area contributed by atoms with Crippen LogP contribution in [0.4, 0.5) is 5.69 Å². The molecular formula is C15H21N3O3. The summed E-state index contributed by atoms with van der Waals surface area (Å²) in [6.07, 6.45) is 0.995. The van der Waals surface area contributed by atoms with Gasteiger partial charge >= 0.3 is 0 Å². The Bertz CT molecular complexity index is 547. The number of rotatable bonds is 4. The number of amides is 1. The van der Waals surface area contributed by atoms with Crippen molar-refractivity contribution in [3.63, 3.8) is 0 Å². The summed E-state index contributed by atoms with van der Waals surface area (Å²) >= 11 is 0. The molecule has 114 valence electrons. The van der Waals surface area contributed by atoms with Crippen molar-refractivity contribution < 1.29 is 9.72 Å². The lowest BCUT2D eigenvalue weighted by atomic mass is 10.0. The van der Waals surface area contributed by atoms with E-state index in [1.807, 2.05) is 13.0 Å². The Kier molecular flexibility index (Phi) is 4.57. The molecule has 0 aromatic heterocycles. The van der Waals surface area contributed by atoms with Gasteiger partial charge in [-0.05, 0) is 31.4 Å². The van der Waals surface area contributed by atoms with Gasteiger partial charge in [-0.2, -0.15) is 0 Å². The maximum absolute atomic E-state index is 12.5. The van der Waals surface area contributed by atoms with Crippen molar-refractivity contribution >= 4 is 11.6 Å². The monoisotopic (exact) mass is 291 g/mol. The molecule has 6 nitrogen and oxygen atoms in total. The summed E-state index contributed by atoms with van der Waals surface area (Å²) in [5.41, 5.74) is 0.818. The number of carbonyl (C=O) groups excluding carboxylic acids is 1. The molecule has 0 radical (unpaired) electrons. The summed E-state index contributed by atoms with van der Waals surface area (Å²) in [6, 6.07) is 6.09. The van der Waals surface area contributed by atoms with Gasteiger partial charge in [0, 0.05) is 19.2 Å². The smallest absolute Gasteiger partial charge is 0.269 e. The largest absolute Gasteiger partial charge is 0.338 e. The van der Waals surface area contributed by atoms with Crippen LogP contribution in [-0.2, 0) is 4.79 Å². The second-order valence-electron chi connectivity index (χ2n) is 5.67. The molecule has 3 atom stereocenters. The van der Waals surface area contributed by atoms with Gasteiger partial charge < -0.3 is 10.2 Å². The van der Waals surface area contributed by atoms with Crippen LogP contribution in [-0.4, -0.2) is 35.4 Å². The van der Waals surface area contributed by atoms with Gasteiger partial charge in [-0.3, -0.25) is 14.9 Å². The molecule has 0 spiro atoms. The molecule has 1 heterocycles. The summed E-state index contributed by atoms with van der Waals surface area (Å²) in [5, 5.41) is 14.1. The van der Waals surface area contributed by atoms with E-state index in [1.54, 1.807) is 18.0 Å². The van der Waals surface area contributed by atoms with Crippen molar-refractivity contribution in [2.75, 3.05) is 13.6 Å². The Hall–Kier alpha value is -1.95. The third-order valence-corrected chi connectivity index (χ3v) is 4.29. The maximum Gasteiger partial charge on any atom is 0.269 e. The highest BCUT2D eigenvalue weighted by molar-refractivity contribution is 5.82. The van der Waals surface area contributed by atoms with Gasteiger partial charge in [-0.15, -0.1) is 0 Å². The number of non-ortho nitro benzene ring substituents is 1. The molecule has 1 aromatic rings. The van der Waals surface area contributed by atoms with E-state index < -0.39 is 4.92 Å². The minimum Gasteiger partial charge on any atom is -0.338 e. The van der Waals surface area contributed by atoms with E-state index in [0.717, 1.165) is 18.5 Å². The van der Waals surface area contributed by atoms with Gasteiger partial charge in [-0.1, -0.05) is 19.1 Å². The molecule has 6 heteroatoms. The van der Waals surface area contributed by atoms with Crippen molar-refractivity contribution in [2.45, 2.75) is 32.4 Å². The fraction of sp³-hybridized carbons (Fsp3) is 0.533. The number of benzene rings is 1. The van der Waals surface area contributed by atoms with Crippen LogP contribution in [0.15, 0.2) is 24.3 Å². The summed E-state index contributed by atoms with van der Waals surface area (Å²) in [4.78, 5) is 24.6. The van der Waals surface area contributed by atoms with Crippen molar-refractivity contribution in [2.24, 2.45) is 5.92 Å². The molecule has 2 rings (SSSR count). The molecule has 1 amide bonds. The van der Waals surface area contributed by atoms with Crippen LogP contribution in [0.3, 0.4) is 0 Å². The highest BCUT2D eigenvalue weighted by Crippen LogP contribution is 2.25. The second-order valence-corrected chi connectivity index (χ2v) is 5.67. The van der Waals surface area contributed by atoms with Gasteiger partial charge in [0.1, 0.15) is 0 Å². The number of nitro benzene ring substituents is 1. The predicted octanol–water partition coefficient (Wildman–Crippen LogP) is 2.11. The van der Waals surface area contributed by atoms with Crippen molar-refractivity contribution in [1.82, 2.24) is 10.2 Å². The molecular weight excluding hydrogens is 270 g/mol. The third kappa shape index (κ3) is 3.21. The number of carbonyl (C=O) groups is 1. The Balaban J connectivity index is 2.15. The topological polar surface area (TPSA) is 75.5 Å². The van der Waals surface area contributed by atoms with Crippen LogP contribution in [0.5, 0.6) is 0 Å². The normalized spacial score (nSPS) is 22.8. The van der Waals surface area contributed by atoms with Crippen molar-refractivity contribution in [1.29, 1.82) is 0 Å². The zero-order valence-electron chi connectivity index (χ0n) is 12.6. The lowest BCUT2D eigenvalue weighted by Gasteiger charge is -2.29. The molecule has 1 N–H and O–H groups in total. The first-order valence-corrected chi connectivity index (χ1v) is 7.16. The Morgan fingerprint density at radius 1 is 1.52 bits per heavy atom. The summed E-state index contributed by atoms with van der Waals surface area (Å²) in [5.74, 6) is 0.358. The molecule has 3 unspecified atom stereocenters. The lowest BCUT2D eigenvalue weighted by Crippen LogP contribution is -2.45. The number of nitrogens with zero attached hydrogens (tertiary/aromatic N) is 2. The highest BCUT2D eigenvalue weighted by Gasteiger charge is 2.33. The number of nitro groups is 1. The standard InChI is InChI=1S/C15H21N3O3/c1-10-7-8-16-14(10)15(19)17(3)11(2)12-5-4-6-13(9-12)18(20)21/h4-6,9-11,14,16H,7-8H2,1-3H3. The number of likely N-dealkylation sites (N-methyl/N-ethyl adjacent to an activating group) is 1. The second kappa shape index (κ2) is 6.22.